The molecule has 6 N–H and O–H groups in total. The monoisotopic (exact) mass is 937 g/mol. The molecule has 0 bridgehead atoms. The number of allylic oxidation sites excluding steroid dienone is 14. The van der Waals surface area contributed by atoms with Crippen molar-refractivity contribution in [2.75, 3.05) is 19.8 Å². The zero-order chi connectivity index (χ0) is 47.6. The first-order valence-electron chi connectivity index (χ1n) is 24.9. The van der Waals surface area contributed by atoms with E-state index in [0.717, 1.165) is 103 Å². The van der Waals surface area contributed by atoms with Gasteiger partial charge in [-0.15, -0.1) is 0 Å². The van der Waals surface area contributed by atoms with E-state index in [0.29, 0.717) is 13.0 Å². The average molecular weight is 937 g/mol. The highest BCUT2D eigenvalue weighted by molar-refractivity contribution is 7.47. The van der Waals surface area contributed by atoms with E-state index in [1.165, 1.54) is 44.9 Å². The highest BCUT2D eigenvalue weighted by Gasteiger charge is 2.51. The van der Waals surface area contributed by atoms with Crippen molar-refractivity contribution >= 4 is 13.8 Å². The Morgan fingerprint density at radius 3 is 1.38 bits per heavy atom. The van der Waals surface area contributed by atoms with Crippen LogP contribution in [-0.4, -0.2) is 98.9 Å². The van der Waals surface area contributed by atoms with Gasteiger partial charge in [-0.25, -0.2) is 4.57 Å². The number of esters is 1. The lowest BCUT2D eigenvalue weighted by Crippen LogP contribution is -2.64. The van der Waals surface area contributed by atoms with Crippen LogP contribution in [0.15, 0.2) is 85.1 Å². The van der Waals surface area contributed by atoms with Gasteiger partial charge < -0.3 is 39.9 Å². The number of phosphoric acid groups is 1. The van der Waals surface area contributed by atoms with Crippen LogP contribution in [0.25, 0.3) is 0 Å². The fourth-order valence-corrected chi connectivity index (χ4v) is 8.03. The minimum absolute atomic E-state index is 0.102. The van der Waals surface area contributed by atoms with Gasteiger partial charge in [0.1, 0.15) is 42.7 Å². The molecule has 0 heterocycles. The molecule has 1 rings (SSSR count). The number of carbonyl (C=O) groups is 1. The Hall–Kier alpha value is -2.48. The minimum Gasteiger partial charge on any atom is -0.457 e. The summed E-state index contributed by atoms with van der Waals surface area (Å²) in [6, 6.07) is 0. The van der Waals surface area contributed by atoms with E-state index in [-0.39, 0.29) is 13.0 Å². The zero-order valence-electron chi connectivity index (χ0n) is 40.0. The van der Waals surface area contributed by atoms with Gasteiger partial charge in [0, 0.05) is 13.0 Å². The number of carbonyl (C=O) groups excluding carboxylic acids is 1. The van der Waals surface area contributed by atoms with Gasteiger partial charge in [-0.1, -0.05) is 163 Å². The second kappa shape index (κ2) is 41.7. The van der Waals surface area contributed by atoms with Crippen molar-refractivity contribution in [2.24, 2.45) is 0 Å². The van der Waals surface area contributed by atoms with E-state index in [4.69, 9.17) is 18.5 Å². The molecule has 1 fully saturated rings. The van der Waals surface area contributed by atoms with Crippen molar-refractivity contribution in [3.63, 3.8) is 0 Å². The van der Waals surface area contributed by atoms with Crippen LogP contribution in [0.4, 0.5) is 0 Å². The van der Waals surface area contributed by atoms with Crippen molar-refractivity contribution in [1.82, 2.24) is 0 Å². The summed E-state index contributed by atoms with van der Waals surface area (Å²) in [4.78, 5) is 23.2. The van der Waals surface area contributed by atoms with E-state index in [9.17, 15) is 39.8 Å². The maximum atomic E-state index is 12.8. The first kappa shape index (κ1) is 60.5. The second-order valence-corrected chi connectivity index (χ2v) is 18.3. The van der Waals surface area contributed by atoms with E-state index in [1.807, 2.05) is 0 Å². The number of hydrogen-bond acceptors (Lipinski definition) is 11. The third-order valence-electron chi connectivity index (χ3n) is 11.0. The van der Waals surface area contributed by atoms with Crippen molar-refractivity contribution in [1.29, 1.82) is 0 Å². The van der Waals surface area contributed by atoms with Crippen molar-refractivity contribution in [3.05, 3.63) is 85.1 Å². The van der Waals surface area contributed by atoms with E-state index >= 15 is 0 Å². The SMILES string of the molecule is CC/C=C\C/C=C\C/C=C\C/C=C\C/C=C\CCCCCCOCC(COP(=O)(O)OC1C(O)C(O)C(O)C(O)C1O)OC(=O)CCCCCCCCC/C=C\C/C=C\CCCCCC. The number of unbranched alkanes of at least 4 members (excludes halogenated alkanes) is 15. The summed E-state index contributed by atoms with van der Waals surface area (Å²) >= 11 is 0. The Bertz CT molecular complexity index is 1390. The number of rotatable bonds is 41. The quantitative estimate of drug-likeness (QED) is 0.0147. The molecule has 374 valence electrons. The maximum Gasteiger partial charge on any atom is 0.472 e. The van der Waals surface area contributed by atoms with Crippen LogP contribution in [0.5, 0.6) is 0 Å². The van der Waals surface area contributed by atoms with Crippen molar-refractivity contribution in [3.8, 4) is 0 Å². The Morgan fingerprint density at radius 2 is 0.908 bits per heavy atom. The molecule has 0 aromatic heterocycles. The summed E-state index contributed by atoms with van der Waals surface area (Å²) in [6.07, 6.45) is 43.5. The van der Waals surface area contributed by atoms with Crippen LogP contribution in [0.1, 0.15) is 174 Å². The number of aliphatic hydroxyl groups excluding tert-OH is 5. The van der Waals surface area contributed by atoms with Crippen LogP contribution in [-0.2, 0) is 27.9 Å². The van der Waals surface area contributed by atoms with E-state index < -0.39 is 63.1 Å². The largest absolute Gasteiger partial charge is 0.472 e. The molecule has 0 aromatic rings. The van der Waals surface area contributed by atoms with Gasteiger partial charge in [0.15, 0.2) is 0 Å². The molecule has 0 amide bonds. The molecular formula is C52H89O12P. The van der Waals surface area contributed by atoms with Crippen molar-refractivity contribution in [2.45, 2.75) is 217 Å². The topological polar surface area (TPSA) is 192 Å². The Morgan fingerprint density at radius 1 is 0.508 bits per heavy atom. The molecule has 6 unspecified atom stereocenters. The predicted octanol–water partition coefficient (Wildman–Crippen LogP) is 10.9. The van der Waals surface area contributed by atoms with Gasteiger partial charge in [-0.05, 0) is 89.9 Å². The van der Waals surface area contributed by atoms with Crippen LogP contribution >= 0.6 is 7.82 Å². The number of hydrogen-bond donors (Lipinski definition) is 6. The van der Waals surface area contributed by atoms with Gasteiger partial charge in [0.05, 0.1) is 13.2 Å². The van der Waals surface area contributed by atoms with Crippen LogP contribution < -0.4 is 0 Å². The summed E-state index contributed by atoms with van der Waals surface area (Å²) in [5, 5.41) is 50.3. The summed E-state index contributed by atoms with van der Waals surface area (Å²) in [6.45, 7) is 4.06. The van der Waals surface area contributed by atoms with Gasteiger partial charge in [-0.2, -0.15) is 0 Å². The number of aliphatic hydroxyl groups is 5. The zero-order valence-corrected chi connectivity index (χ0v) is 40.9. The highest BCUT2D eigenvalue weighted by Crippen LogP contribution is 2.47. The molecule has 1 aliphatic rings. The maximum absolute atomic E-state index is 12.8. The lowest BCUT2D eigenvalue weighted by molar-refractivity contribution is -0.220. The molecule has 0 saturated heterocycles. The number of phosphoric ester groups is 1. The van der Waals surface area contributed by atoms with Crippen LogP contribution in [0.2, 0.25) is 0 Å². The molecule has 13 heteroatoms. The summed E-state index contributed by atoms with van der Waals surface area (Å²) < 4.78 is 34.2. The van der Waals surface area contributed by atoms with Gasteiger partial charge in [-0.3, -0.25) is 13.8 Å². The molecule has 12 nitrogen and oxygen atoms in total. The average Bonchev–Trinajstić information content (AvgIpc) is 3.29. The van der Waals surface area contributed by atoms with E-state index in [1.54, 1.807) is 0 Å². The predicted molar refractivity (Wildman–Crippen MR) is 262 cm³/mol. The Labute approximate surface area is 392 Å². The van der Waals surface area contributed by atoms with E-state index in [2.05, 4.69) is 98.9 Å². The molecule has 1 aliphatic carbocycles. The highest BCUT2D eigenvalue weighted by atomic mass is 31.2. The van der Waals surface area contributed by atoms with Gasteiger partial charge in [0.2, 0.25) is 0 Å². The standard InChI is InChI=1S/C52H89O12P/c1-3-5-7-9-11-13-15-17-19-21-23-24-26-28-30-32-34-36-38-40-42-61-43-45(44-62-65(59,60)64-52-50(57)48(55)47(54)49(56)51(52)58)63-46(53)41-39-37-35-33-31-29-27-25-22-20-18-16-14-12-10-8-6-4-2/h5,7,11,13-14,16-17,19-20,22-24,28,30,45,47-52,54-58H,3-4,6,8-10,12,15,18,21,25-27,29,31-44H2,1-2H3,(H,59,60)/b7-5-,13-11-,16-14-,19-17-,22-20-,24-23-,30-28-. The van der Waals surface area contributed by atoms with Crippen LogP contribution in [0, 0.1) is 0 Å². The lowest BCUT2D eigenvalue weighted by Gasteiger charge is -2.41. The molecule has 1 saturated carbocycles. The normalized spacial score (nSPS) is 22.3. The fraction of sp³-hybridized carbons (Fsp3) is 0.712. The molecule has 0 spiro atoms. The fourth-order valence-electron chi connectivity index (χ4n) is 7.06. The molecule has 0 aliphatic heterocycles. The second-order valence-electron chi connectivity index (χ2n) is 16.9. The Kier molecular flexibility index (Phi) is 38.8. The molecule has 6 atom stereocenters. The van der Waals surface area contributed by atoms with Crippen molar-refractivity contribution < 1.29 is 58.3 Å². The summed E-state index contributed by atoms with van der Waals surface area (Å²) in [5.74, 6) is -0.498. The summed E-state index contributed by atoms with van der Waals surface area (Å²) in [5.41, 5.74) is 0. The third kappa shape index (κ3) is 33.6. The number of ether oxygens (including phenoxy) is 2. The minimum atomic E-state index is -5.04. The van der Waals surface area contributed by atoms with Gasteiger partial charge >= 0.3 is 13.8 Å². The molecule has 0 radical (unpaired) electrons. The van der Waals surface area contributed by atoms with Crippen LogP contribution in [0.3, 0.4) is 0 Å². The summed E-state index contributed by atoms with van der Waals surface area (Å²) in [7, 11) is -5.04. The Balaban J connectivity index is 2.40. The lowest BCUT2D eigenvalue weighted by atomic mass is 9.85. The first-order chi connectivity index (χ1) is 31.5. The molecular weight excluding hydrogens is 848 g/mol. The van der Waals surface area contributed by atoms with Gasteiger partial charge in [0.25, 0.3) is 0 Å². The first-order valence-corrected chi connectivity index (χ1v) is 26.4. The third-order valence-corrected chi connectivity index (χ3v) is 12.0. The molecule has 0 aromatic carbocycles. The smallest absolute Gasteiger partial charge is 0.457 e. The molecule has 65 heavy (non-hydrogen) atoms.